The number of benzene rings is 1. The highest BCUT2D eigenvalue weighted by atomic mass is 16.3. The van der Waals surface area contributed by atoms with Crippen LogP contribution in [0.4, 0.5) is 5.82 Å². The van der Waals surface area contributed by atoms with Gasteiger partial charge in [0.25, 0.3) is 0 Å². The number of aliphatic hydroxyl groups is 1. The van der Waals surface area contributed by atoms with Gasteiger partial charge in [-0.05, 0) is 57.7 Å². The molecule has 0 amide bonds. The molecule has 0 bridgehead atoms. The summed E-state index contributed by atoms with van der Waals surface area (Å²) >= 11 is 0. The predicted octanol–water partition coefficient (Wildman–Crippen LogP) is 3.64. The summed E-state index contributed by atoms with van der Waals surface area (Å²) in [6.07, 6.45) is 0.881. The quantitative estimate of drug-likeness (QED) is 0.369. The number of aliphatic hydroxyl groups excluding tert-OH is 1. The van der Waals surface area contributed by atoms with E-state index < -0.39 is 12.4 Å². The maximum absolute atomic E-state index is 9.70. The van der Waals surface area contributed by atoms with Crippen LogP contribution in [0.3, 0.4) is 0 Å². The molecule has 0 radical (unpaired) electrons. The zero-order chi connectivity index (χ0) is 21.6. The first-order chi connectivity index (χ1) is 13.7. The number of nitrogens with one attached hydrogen (secondary N) is 3. The Morgan fingerprint density at radius 3 is 2.45 bits per heavy atom. The van der Waals surface area contributed by atoms with Gasteiger partial charge in [-0.15, -0.1) is 0 Å². The van der Waals surface area contributed by atoms with E-state index in [0.717, 1.165) is 41.7 Å². The van der Waals surface area contributed by atoms with Crippen molar-refractivity contribution in [1.29, 1.82) is 0 Å². The standard InChI is InChI=1S/C23H39N5O/c1-7-19(26-16(5)14(2)3)10-11-25-23-20(22(24)27-17(6)29)13-18-12-15(4)8-9-21(18)28-23/h8-9,12-14,16-17,19,22,26-27,29H,7,10-11,24H2,1-6H3,(H,25,28)/t16-,17?,19?,22?/m1/s1. The van der Waals surface area contributed by atoms with Gasteiger partial charge >= 0.3 is 0 Å². The third kappa shape index (κ3) is 6.93. The number of pyridine rings is 1. The van der Waals surface area contributed by atoms with Gasteiger partial charge in [0.05, 0.1) is 11.7 Å². The highest BCUT2D eigenvalue weighted by molar-refractivity contribution is 5.82. The number of aryl methyl sites for hydroxylation is 1. The van der Waals surface area contributed by atoms with Crippen LogP contribution in [0, 0.1) is 12.8 Å². The number of fused-ring (bicyclic) bond motifs is 1. The van der Waals surface area contributed by atoms with E-state index in [0.29, 0.717) is 18.0 Å². The van der Waals surface area contributed by atoms with Gasteiger partial charge in [0, 0.05) is 29.6 Å². The van der Waals surface area contributed by atoms with Crippen LogP contribution in [0.25, 0.3) is 10.9 Å². The second kappa shape index (κ2) is 10.9. The highest BCUT2D eigenvalue weighted by Gasteiger charge is 2.17. The number of hydrogen-bond acceptors (Lipinski definition) is 6. The third-order valence-electron chi connectivity index (χ3n) is 5.53. The predicted molar refractivity (Wildman–Crippen MR) is 123 cm³/mol. The number of nitrogens with two attached hydrogens (primary N) is 1. The number of hydrogen-bond donors (Lipinski definition) is 5. The lowest BCUT2D eigenvalue weighted by atomic mass is 10.0. The molecule has 0 aliphatic carbocycles. The van der Waals surface area contributed by atoms with Crippen LogP contribution in [0.15, 0.2) is 24.3 Å². The van der Waals surface area contributed by atoms with Crippen LogP contribution in [-0.2, 0) is 0 Å². The van der Waals surface area contributed by atoms with E-state index in [2.05, 4.69) is 68.8 Å². The third-order valence-corrected chi connectivity index (χ3v) is 5.53. The summed E-state index contributed by atoms with van der Waals surface area (Å²) in [5, 5.41) is 20.9. The van der Waals surface area contributed by atoms with Gasteiger partial charge in [0.2, 0.25) is 0 Å². The molecular formula is C23H39N5O. The molecule has 3 unspecified atom stereocenters. The van der Waals surface area contributed by atoms with Gasteiger partial charge in [-0.3, -0.25) is 5.32 Å². The normalized spacial score (nSPS) is 16.0. The first-order valence-electron chi connectivity index (χ1n) is 10.8. The molecule has 0 saturated carbocycles. The Balaban J connectivity index is 2.17. The van der Waals surface area contributed by atoms with Crippen LogP contribution < -0.4 is 21.7 Å². The number of rotatable bonds is 11. The maximum Gasteiger partial charge on any atom is 0.132 e. The molecule has 29 heavy (non-hydrogen) atoms. The second-order valence-corrected chi connectivity index (χ2v) is 8.46. The van der Waals surface area contributed by atoms with Crippen LogP contribution in [0.5, 0.6) is 0 Å². The molecule has 6 heteroatoms. The number of nitrogens with zero attached hydrogens (tertiary/aromatic N) is 1. The average molecular weight is 402 g/mol. The Bertz CT molecular complexity index is 777. The molecule has 1 aromatic heterocycles. The van der Waals surface area contributed by atoms with Gasteiger partial charge in [-0.25, -0.2) is 4.98 Å². The Hall–Kier alpha value is -1.73. The first-order valence-corrected chi connectivity index (χ1v) is 10.8. The monoisotopic (exact) mass is 401 g/mol. The summed E-state index contributed by atoms with van der Waals surface area (Å²) < 4.78 is 0. The first kappa shape index (κ1) is 23.5. The minimum atomic E-state index is -0.697. The van der Waals surface area contributed by atoms with Crippen molar-refractivity contribution in [3.63, 3.8) is 0 Å². The maximum atomic E-state index is 9.70. The summed E-state index contributed by atoms with van der Waals surface area (Å²) in [4.78, 5) is 4.82. The van der Waals surface area contributed by atoms with Crippen molar-refractivity contribution < 1.29 is 5.11 Å². The molecule has 6 nitrogen and oxygen atoms in total. The summed E-state index contributed by atoms with van der Waals surface area (Å²) in [5.74, 6) is 1.38. The van der Waals surface area contributed by atoms with Gasteiger partial charge in [0.15, 0.2) is 0 Å². The molecule has 0 spiro atoms. The fraction of sp³-hybridized carbons (Fsp3) is 0.609. The largest absolute Gasteiger partial charge is 0.379 e. The number of anilines is 1. The Morgan fingerprint density at radius 1 is 1.10 bits per heavy atom. The molecule has 2 aromatic rings. The van der Waals surface area contributed by atoms with Crippen molar-refractivity contribution in [3.8, 4) is 0 Å². The van der Waals surface area contributed by atoms with E-state index >= 15 is 0 Å². The molecule has 0 saturated heterocycles. The minimum absolute atomic E-state index is 0.454. The summed E-state index contributed by atoms with van der Waals surface area (Å²) in [6, 6.07) is 9.21. The molecule has 2 rings (SSSR count). The molecule has 162 valence electrons. The van der Waals surface area contributed by atoms with Gasteiger partial charge in [-0.1, -0.05) is 32.4 Å². The molecule has 0 fully saturated rings. The van der Waals surface area contributed by atoms with Gasteiger partial charge < -0.3 is 21.5 Å². The lowest BCUT2D eigenvalue weighted by molar-refractivity contribution is 0.141. The summed E-state index contributed by atoms with van der Waals surface area (Å²) in [7, 11) is 0. The topological polar surface area (TPSA) is 95.2 Å². The smallest absolute Gasteiger partial charge is 0.132 e. The Morgan fingerprint density at radius 2 is 1.83 bits per heavy atom. The zero-order valence-electron chi connectivity index (χ0n) is 18.8. The molecule has 6 N–H and O–H groups in total. The van der Waals surface area contributed by atoms with Crippen molar-refractivity contribution in [2.75, 3.05) is 11.9 Å². The van der Waals surface area contributed by atoms with E-state index in [1.165, 1.54) is 5.56 Å². The van der Waals surface area contributed by atoms with Crippen molar-refractivity contribution in [2.24, 2.45) is 11.7 Å². The molecule has 0 aliphatic rings. The molecule has 4 atom stereocenters. The summed E-state index contributed by atoms with van der Waals surface area (Å²) in [6.45, 7) is 13.5. The fourth-order valence-corrected chi connectivity index (χ4v) is 3.37. The average Bonchev–Trinajstić information content (AvgIpc) is 2.65. The Labute approximate surface area is 175 Å². The van der Waals surface area contributed by atoms with Crippen LogP contribution >= 0.6 is 0 Å². The zero-order valence-corrected chi connectivity index (χ0v) is 18.8. The van der Waals surface area contributed by atoms with Crippen molar-refractivity contribution >= 4 is 16.7 Å². The second-order valence-electron chi connectivity index (χ2n) is 8.46. The van der Waals surface area contributed by atoms with Crippen LogP contribution in [0.1, 0.15) is 64.8 Å². The fourth-order valence-electron chi connectivity index (χ4n) is 3.37. The van der Waals surface area contributed by atoms with E-state index in [-0.39, 0.29) is 0 Å². The van der Waals surface area contributed by atoms with Gasteiger partial charge in [-0.2, -0.15) is 0 Å². The lowest BCUT2D eigenvalue weighted by Crippen LogP contribution is -2.40. The SMILES string of the molecule is CCC(CCNc1nc2ccc(C)cc2cc1C(N)NC(C)O)N[C@H](C)C(C)C. The molecule has 1 aromatic carbocycles. The van der Waals surface area contributed by atoms with Crippen LogP contribution in [-0.4, -0.2) is 34.9 Å². The number of aromatic nitrogens is 1. The minimum Gasteiger partial charge on any atom is -0.379 e. The highest BCUT2D eigenvalue weighted by Crippen LogP contribution is 2.25. The summed E-state index contributed by atoms with van der Waals surface area (Å²) in [5.41, 5.74) is 9.30. The van der Waals surface area contributed by atoms with E-state index in [1.54, 1.807) is 6.92 Å². The van der Waals surface area contributed by atoms with Gasteiger partial charge in [0.1, 0.15) is 12.0 Å². The molecular weight excluding hydrogens is 362 g/mol. The van der Waals surface area contributed by atoms with E-state index in [4.69, 9.17) is 10.7 Å². The van der Waals surface area contributed by atoms with E-state index in [1.807, 2.05) is 6.07 Å². The lowest BCUT2D eigenvalue weighted by Gasteiger charge is -2.25. The molecule has 1 heterocycles. The van der Waals surface area contributed by atoms with Crippen molar-refractivity contribution in [3.05, 3.63) is 35.4 Å². The Kier molecular flexibility index (Phi) is 8.83. The molecule has 0 aliphatic heterocycles. The van der Waals surface area contributed by atoms with E-state index in [9.17, 15) is 5.11 Å². The van der Waals surface area contributed by atoms with Crippen LogP contribution in [0.2, 0.25) is 0 Å². The van der Waals surface area contributed by atoms with Crippen molar-refractivity contribution in [1.82, 2.24) is 15.6 Å². The van der Waals surface area contributed by atoms with Crippen molar-refractivity contribution in [2.45, 2.75) is 78.9 Å².